The third kappa shape index (κ3) is 7.86. The molecule has 1 aromatic carbocycles. The van der Waals surface area contributed by atoms with Crippen molar-refractivity contribution in [1.29, 1.82) is 0 Å². The Hall–Kier alpha value is -1.35. The lowest BCUT2D eigenvalue weighted by atomic mass is 9.98. The Labute approximate surface area is 131 Å². The molecule has 0 saturated heterocycles. The maximum Gasteiger partial charge on any atom is 0.309 e. The molecule has 21 heavy (non-hydrogen) atoms. The molecule has 0 saturated carbocycles. The fraction of sp³-hybridized carbons (Fsp3) is 0.529. The summed E-state index contributed by atoms with van der Waals surface area (Å²) >= 11 is 5.43. The summed E-state index contributed by atoms with van der Waals surface area (Å²) in [5, 5.41) is -0.479. The van der Waals surface area contributed by atoms with Crippen LogP contribution in [-0.2, 0) is 20.9 Å². The van der Waals surface area contributed by atoms with Crippen molar-refractivity contribution >= 4 is 22.8 Å². The zero-order valence-corrected chi connectivity index (χ0v) is 13.3. The largest absolute Gasteiger partial charge is 0.461 e. The average Bonchev–Trinajstić information content (AvgIpc) is 2.48. The number of halogens is 1. The van der Waals surface area contributed by atoms with Crippen molar-refractivity contribution in [3.05, 3.63) is 35.9 Å². The first kappa shape index (κ1) is 17.7. The number of benzene rings is 1. The Morgan fingerprint density at radius 1 is 1.14 bits per heavy atom. The molecular formula is C17H23ClO3. The van der Waals surface area contributed by atoms with Gasteiger partial charge < -0.3 is 4.74 Å². The van der Waals surface area contributed by atoms with E-state index >= 15 is 0 Å². The van der Waals surface area contributed by atoms with Gasteiger partial charge in [0.2, 0.25) is 5.24 Å². The SMILES string of the molecule is CCCCCC[C@H](CC(=O)Cl)C(=O)OCc1ccccc1. The smallest absolute Gasteiger partial charge is 0.309 e. The van der Waals surface area contributed by atoms with E-state index in [0.29, 0.717) is 6.42 Å². The summed E-state index contributed by atoms with van der Waals surface area (Å²) in [4.78, 5) is 23.2. The standard InChI is InChI=1S/C17H23ClO3/c1-2-3-4-8-11-15(12-16(18)19)17(20)21-13-14-9-6-5-7-10-14/h5-7,9-10,15H,2-4,8,11-13H2,1H3/t15-/m1/s1. The summed E-state index contributed by atoms with van der Waals surface area (Å²) in [7, 11) is 0. The van der Waals surface area contributed by atoms with Crippen molar-refractivity contribution in [2.45, 2.75) is 52.1 Å². The number of rotatable bonds is 10. The lowest BCUT2D eigenvalue weighted by molar-refractivity contribution is -0.151. The summed E-state index contributed by atoms with van der Waals surface area (Å²) in [5.74, 6) is -0.750. The van der Waals surface area contributed by atoms with E-state index in [2.05, 4.69) is 6.92 Å². The fourth-order valence-electron chi connectivity index (χ4n) is 2.16. The first-order valence-electron chi connectivity index (χ1n) is 7.52. The van der Waals surface area contributed by atoms with Crippen LogP contribution in [0.25, 0.3) is 0 Å². The molecule has 4 heteroatoms. The molecule has 0 amide bonds. The third-order valence-corrected chi connectivity index (χ3v) is 3.52. The van der Waals surface area contributed by atoms with Gasteiger partial charge in [-0.05, 0) is 23.6 Å². The highest BCUT2D eigenvalue weighted by Gasteiger charge is 2.22. The van der Waals surface area contributed by atoms with Gasteiger partial charge in [0.1, 0.15) is 6.61 Å². The zero-order chi connectivity index (χ0) is 15.5. The van der Waals surface area contributed by atoms with Crippen molar-refractivity contribution in [2.24, 2.45) is 5.92 Å². The maximum absolute atomic E-state index is 12.1. The molecule has 1 aromatic rings. The molecule has 0 heterocycles. The summed E-state index contributed by atoms with van der Waals surface area (Å²) in [6, 6.07) is 9.50. The van der Waals surface area contributed by atoms with Crippen LogP contribution >= 0.6 is 11.6 Å². The van der Waals surface area contributed by atoms with Crippen molar-refractivity contribution < 1.29 is 14.3 Å². The van der Waals surface area contributed by atoms with Crippen LogP contribution in [0.15, 0.2) is 30.3 Å². The van der Waals surface area contributed by atoms with Gasteiger partial charge in [0, 0.05) is 6.42 Å². The summed E-state index contributed by atoms with van der Waals surface area (Å²) < 4.78 is 5.30. The lowest BCUT2D eigenvalue weighted by Gasteiger charge is -2.14. The number of esters is 1. The van der Waals surface area contributed by atoms with E-state index in [4.69, 9.17) is 16.3 Å². The molecule has 0 aliphatic rings. The fourth-order valence-corrected chi connectivity index (χ4v) is 2.35. The second kappa shape index (κ2) is 10.4. The van der Waals surface area contributed by atoms with E-state index in [-0.39, 0.29) is 19.0 Å². The number of carbonyl (C=O) groups is 2. The van der Waals surface area contributed by atoms with Crippen LogP contribution in [0.1, 0.15) is 51.0 Å². The first-order valence-corrected chi connectivity index (χ1v) is 7.90. The molecule has 1 atom stereocenters. The van der Waals surface area contributed by atoms with Crippen LogP contribution in [0.4, 0.5) is 0 Å². The Morgan fingerprint density at radius 2 is 1.86 bits per heavy atom. The molecule has 0 fully saturated rings. The number of hydrogen-bond donors (Lipinski definition) is 0. The molecule has 0 aromatic heterocycles. The van der Waals surface area contributed by atoms with Crippen molar-refractivity contribution in [1.82, 2.24) is 0 Å². The highest BCUT2D eigenvalue weighted by molar-refractivity contribution is 6.63. The van der Waals surface area contributed by atoms with Gasteiger partial charge in [-0.25, -0.2) is 0 Å². The van der Waals surface area contributed by atoms with Crippen LogP contribution in [0.3, 0.4) is 0 Å². The first-order chi connectivity index (χ1) is 10.1. The van der Waals surface area contributed by atoms with Gasteiger partial charge in [0.15, 0.2) is 0 Å². The van der Waals surface area contributed by atoms with E-state index in [1.807, 2.05) is 30.3 Å². The molecule has 116 valence electrons. The minimum Gasteiger partial charge on any atom is -0.461 e. The average molecular weight is 311 g/mol. The quantitative estimate of drug-likeness (QED) is 0.364. The molecule has 0 unspecified atom stereocenters. The van der Waals surface area contributed by atoms with Gasteiger partial charge in [-0.3, -0.25) is 9.59 Å². The van der Waals surface area contributed by atoms with E-state index in [1.54, 1.807) is 0 Å². The predicted molar refractivity (Wildman–Crippen MR) is 84.0 cm³/mol. The van der Waals surface area contributed by atoms with Crippen LogP contribution < -0.4 is 0 Å². The van der Waals surface area contributed by atoms with Crippen molar-refractivity contribution in [2.75, 3.05) is 0 Å². The van der Waals surface area contributed by atoms with Crippen LogP contribution in [-0.4, -0.2) is 11.2 Å². The van der Waals surface area contributed by atoms with E-state index in [1.165, 1.54) is 0 Å². The lowest BCUT2D eigenvalue weighted by Crippen LogP contribution is -2.19. The van der Waals surface area contributed by atoms with Crippen molar-refractivity contribution in [3.63, 3.8) is 0 Å². The number of unbranched alkanes of at least 4 members (excludes halogenated alkanes) is 3. The number of ether oxygens (including phenoxy) is 1. The Morgan fingerprint density at radius 3 is 2.48 bits per heavy atom. The van der Waals surface area contributed by atoms with Crippen LogP contribution in [0.2, 0.25) is 0 Å². The molecule has 0 bridgehead atoms. The number of hydrogen-bond acceptors (Lipinski definition) is 3. The molecule has 0 radical (unpaired) electrons. The minimum atomic E-state index is -0.479. The van der Waals surface area contributed by atoms with Gasteiger partial charge >= 0.3 is 5.97 Å². The van der Waals surface area contributed by atoms with Crippen LogP contribution in [0.5, 0.6) is 0 Å². The Bertz CT molecular complexity index is 431. The Kier molecular flexibility index (Phi) is 8.76. The van der Waals surface area contributed by atoms with E-state index in [9.17, 15) is 9.59 Å². The summed E-state index contributed by atoms with van der Waals surface area (Å²) in [5.41, 5.74) is 0.938. The number of carbonyl (C=O) groups excluding carboxylic acids is 2. The highest BCUT2D eigenvalue weighted by Crippen LogP contribution is 2.18. The van der Waals surface area contributed by atoms with Gasteiger partial charge in [-0.2, -0.15) is 0 Å². The zero-order valence-electron chi connectivity index (χ0n) is 12.5. The van der Waals surface area contributed by atoms with Gasteiger partial charge in [0.05, 0.1) is 5.92 Å². The Balaban J connectivity index is 2.44. The van der Waals surface area contributed by atoms with Crippen molar-refractivity contribution in [3.8, 4) is 0 Å². The topological polar surface area (TPSA) is 43.4 Å². The summed E-state index contributed by atoms with van der Waals surface area (Å²) in [6.07, 6.45) is 4.98. The van der Waals surface area contributed by atoms with Gasteiger partial charge in [-0.15, -0.1) is 0 Å². The molecule has 0 aliphatic heterocycles. The molecule has 1 rings (SSSR count). The molecule has 0 aliphatic carbocycles. The molecule has 3 nitrogen and oxygen atoms in total. The van der Waals surface area contributed by atoms with Gasteiger partial charge in [0.25, 0.3) is 0 Å². The van der Waals surface area contributed by atoms with Gasteiger partial charge in [-0.1, -0.05) is 62.9 Å². The summed E-state index contributed by atoms with van der Waals surface area (Å²) in [6.45, 7) is 2.37. The van der Waals surface area contributed by atoms with E-state index in [0.717, 1.165) is 31.2 Å². The van der Waals surface area contributed by atoms with Crippen LogP contribution in [0, 0.1) is 5.92 Å². The molecule has 0 spiro atoms. The van der Waals surface area contributed by atoms with E-state index < -0.39 is 11.2 Å². The monoisotopic (exact) mass is 310 g/mol. The minimum absolute atomic E-state index is 0.0568. The second-order valence-electron chi connectivity index (χ2n) is 5.20. The normalized spacial score (nSPS) is 11.9. The molecule has 0 N–H and O–H groups in total. The highest BCUT2D eigenvalue weighted by atomic mass is 35.5. The maximum atomic E-state index is 12.1. The second-order valence-corrected chi connectivity index (χ2v) is 5.62. The predicted octanol–water partition coefficient (Wildman–Crippen LogP) is 4.47. The molecular weight excluding hydrogens is 288 g/mol. The third-order valence-electron chi connectivity index (χ3n) is 3.37.